The Balaban J connectivity index is 1.43. The van der Waals surface area contributed by atoms with Crippen molar-refractivity contribution in [1.82, 2.24) is 19.8 Å². The van der Waals surface area contributed by atoms with Gasteiger partial charge in [0.2, 0.25) is 0 Å². The van der Waals surface area contributed by atoms with Crippen molar-refractivity contribution in [1.29, 1.82) is 0 Å². The number of ether oxygens (including phenoxy) is 1. The van der Waals surface area contributed by atoms with E-state index in [1.165, 1.54) is 12.1 Å². The van der Waals surface area contributed by atoms with Gasteiger partial charge in [0.05, 0.1) is 17.9 Å². The lowest BCUT2D eigenvalue weighted by atomic mass is 10.1. The molecule has 4 rings (SSSR count). The smallest absolute Gasteiger partial charge is 0.319 e. The summed E-state index contributed by atoms with van der Waals surface area (Å²) in [7, 11) is 3.46. The molecule has 2 aliphatic heterocycles. The van der Waals surface area contributed by atoms with E-state index in [-0.39, 0.29) is 23.6 Å². The minimum atomic E-state index is -0.580. The van der Waals surface area contributed by atoms with Gasteiger partial charge in [0.15, 0.2) is 23.2 Å². The minimum Gasteiger partial charge on any atom is -0.508 e. The number of phenolic OH excluding ortho intramolecular Hbond substituents is 1. The maximum atomic E-state index is 13.9. The Labute approximate surface area is 180 Å². The molecule has 10 heteroatoms. The maximum absolute atomic E-state index is 13.9. The molecule has 3 N–H and O–H groups in total. The molecule has 2 amide bonds. The van der Waals surface area contributed by atoms with Gasteiger partial charge in [0.25, 0.3) is 0 Å². The minimum absolute atomic E-state index is 0.0507. The van der Waals surface area contributed by atoms with Crippen molar-refractivity contribution in [2.75, 3.05) is 44.4 Å². The number of urea groups is 1. The Bertz CT molecular complexity index is 978. The normalized spacial score (nSPS) is 16.7. The van der Waals surface area contributed by atoms with Crippen LogP contribution in [0.1, 0.15) is 24.2 Å². The van der Waals surface area contributed by atoms with Crippen LogP contribution in [-0.4, -0.2) is 70.7 Å². The van der Waals surface area contributed by atoms with Crippen molar-refractivity contribution in [2.45, 2.75) is 31.9 Å². The van der Waals surface area contributed by atoms with Gasteiger partial charge in [0.1, 0.15) is 11.9 Å². The molecule has 2 aliphatic rings. The molecule has 166 valence electrons. The van der Waals surface area contributed by atoms with E-state index in [1.54, 1.807) is 23.9 Å². The van der Waals surface area contributed by atoms with E-state index in [1.807, 2.05) is 0 Å². The first-order valence-electron chi connectivity index (χ1n) is 10.3. The van der Waals surface area contributed by atoms with Crippen LogP contribution in [0.5, 0.6) is 11.5 Å². The number of rotatable bonds is 3. The first-order valence-corrected chi connectivity index (χ1v) is 10.3. The molecular weight excluding hydrogens is 403 g/mol. The number of carbonyl (C=O) groups excluding carboxylic acids is 1. The molecule has 9 nitrogen and oxygen atoms in total. The molecule has 0 unspecified atom stereocenters. The Morgan fingerprint density at radius 1 is 1.23 bits per heavy atom. The highest BCUT2D eigenvalue weighted by Gasteiger charge is 2.28. The van der Waals surface area contributed by atoms with Crippen LogP contribution < -0.4 is 15.4 Å². The zero-order valence-electron chi connectivity index (χ0n) is 17.7. The standard InChI is InChI=1S/C21H27FN6O3/c1-26(2)21(30)28-10-7-16-17(12-28)25-20(19(23)24-16)27-8-5-14(6-9-27)31-18-4-3-13(29)11-15(18)22/h3-4,11,14,29H,5-10,12H2,1-2H3,(H2,23,24). The van der Waals surface area contributed by atoms with Gasteiger partial charge in [-0.3, -0.25) is 0 Å². The number of phenols is 1. The van der Waals surface area contributed by atoms with Crippen LogP contribution in [0.15, 0.2) is 18.2 Å². The Kier molecular flexibility index (Phi) is 5.71. The summed E-state index contributed by atoms with van der Waals surface area (Å²) in [4.78, 5) is 27.0. The SMILES string of the molecule is CN(C)C(=O)N1CCc2nc(N)c(N3CCC(Oc4ccc(O)cc4F)CC3)nc2C1. The molecule has 0 aliphatic carbocycles. The molecule has 31 heavy (non-hydrogen) atoms. The van der Waals surface area contributed by atoms with E-state index >= 15 is 0 Å². The fourth-order valence-electron chi connectivity index (χ4n) is 3.97. The molecule has 2 aromatic rings. The lowest BCUT2D eigenvalue weighted by Crippen LogP contribution is -2.43. The summed E-state index contributed by atoms with van der Waals surface area (Å²) in [5, 5.41) is 9.34. The highest BCUT2D eigenvalue weighted by molar-refractivity contribution is 5.74. The van der Waals surface area contributed by atoms with Gasteiger partial charge in [-0.2, -0.15) is 0 Å². The molecule has 3 heterocycles. The second kappa shape index (κ2) is 8.44. The molecule has 1 aromatic heterocycles. The van der Waals surface area contributed by atoms with Crippen molar-refractivity contribution in [3.05, 3.63) is 35.4 Å². The predicted molar refractivity (Wildman–Crippen MR) is 114 cm³/mol. The number of nitrogen functional groups attached to an aromatic ring is 1. The van der Waals surface area contributed by atoms with Crippen LogP contribution in [0, 0.1) is 5.82 Å². The van der Waals surface area contributed by atoms with Gasteiger partial charge in [-0.25, -0.2) is 19.2 Å². The zero-order chi connectivity index (χ0) is 22.1. The molecular formula is C21H27FN6O3. The number of benzene rings is 1. The third kappa shape index (κ3) is 4.42. The number of hydrogen-bond donors (Lipinski definition) is 2. The Morgan fingerprint density at radius 2 is 1.97 bits per heavy atom. The summed E-state index contributed by atoms with van der Waals surface area (Å²) >= 11 is 0. The van der Waals surface area contributed by atoms with Crippen molar-refractivity contribution in [3.8, 4) is 11.5 Å². The topological polar surface area (TPSA) is 108 Å². The fourth-order valence-corrected chi connectivity index (χ4v) is 3.97. The molecule has 0 bridgehead atoms. The third-order valence-electron chi connectivity index (χ3n) is 5.62. The highest BCUT2D eigenvalue weighted by atomic mass is 19.1. The van der Waals surface area contributed by atoms with E-state index in [4.69, 9.17) is 15.5 Å². The number of nitrogens with two attached hydrogens (primary N) is 1. The van der Waals surface area contributed by atoms with Gasteiger partial charge in [-0.1, -0.05) is 0 Å². The van der Waals surface area contributed by atoms with Crippen molar-refractivity contribution in [2.24, 2.45) is 0 Å². The van der Waals surface area contributed by atoms with Gasteiger partial charge in [-0.15, -0.1) is 0 Å². The average Bonchev–Trinajstić information content (AvgIpc) is 2.75. The van der Waals surface area contributed by atoms with E-state index in [0.717, 1.165) is 17.5 Å². The molecule has 0 saturated carbocycles. The Hall–Kier alpha value is -3.30. The summed E-state index contributed by atoms with van der Waals surface area (Å²) in [6.45, 7) is 2.28. The number of nitrogens with zero attached hydrogens (tertiary/aromatic N) is 5. The number of halogens is 1. The zero-order valence-corrected chi connectivity index (χ0v) is 17.7. The summed E-state index contributed by atoms with van der Waals surface area (Å²) in [6.07, 6.45) is 1.82. The Morgan fingerprint density at radius 3 is 2.65 bits per heavy atom. The number of amides is 2. The fraction of sp³-hybridized carbons (Fsp3) is 0.476. The average molecular weight is 430 g/mol. The van der Waals surface area contributed by atoms with E-state index in [9.17, 15) is 14.3 Å². The first kappa shape index (κ1) is 21.0. The number of aromatic nitrogens is 2. The quantitative estimate of drug-likeness (QED) is 0.767. The van der Waals surface area contributed by atoms with Crippen LogP contribution in [0.4, 0.5) is 20.8 Å². The van der Waals surface area contributed by atoms with E-state index < -0.39 is 5.82 Å². The molecule has 1 fully saturated rings. The van der Waals surface area contributed by atoms with E-state index in [2.05, 4.69) is 9.88 Å². The molecule has 0 radical (unpaired) electrons. The number of fused-ring (bicyclic) bond motifs is 1. The number of anilines is 2. The van der Waals surface area contributed by atoms with Gasteiger partial charge < -0.3 is 30.3 Å². The number of carbonyl (C=O) groups is 1. The van der Waals surface area contributed by atoms with E-state index in [0.29, 0.717) is 57.1 Å². The lowest BCUT2D eigenvalue weighted by Gasteiger charge is -2.35. The van der Waals surface area contributed by atoms with Crippen LogP contribution in [0.25, 0.3) is 0 Å². The molecule has 0 spiro atoms. The summed E-state index contributed by atoms with van der Waals surface area (Å²) in [5.74, 6) is 0.424. The number of piperidine rings is 1. The monoisotopic (exact) mass is 430 g/mol. The first-order chi connectivity index (χ1) is 14.8. The second-order valence-corrected chi connectivity index (χ2v) is 8.09. The largest absolute Gasteiger partial charge is 0.508 e. The van der Waals surface area contributed by atoms with Gasteiger partial charge >= 0.3 is 6.03 Å². The lowest BCUT2D eigenvalue weighted by molar-refractivity contribution is 0.162. The van der Waals surface area contributed by atoms with Crippen molar-refractivity contribution < 1.29 is 19.0 Å². The molecule has 0 atom stereocenters. The third-order valence-corrected chi connectivity index (χ3v) is 5.62. The number of hydrogen-bond acceptors (Lipinski definition) is 7. The summed E-state index contributed by atoms with van der Waals surface area (Å²) in [6, 6.07) is 3.83. The molecule has 1 aromatic carbocycles. The van der Waals surface area contributed by atoms with Crippen LogP contribution in [0.2, 0.25) is 0 Å². The maximum Gasteiger partial charge on any atom is 0.319 e. The number of aromatic hydroxyl groups is 1. The van der Waals surface area contributed by atoms with Crippen molar-refractivity contribution in [3.63, 3.8) is 0 Å². The predicted octanol–water partition coefficient (Wildman–Crippen LogP) is 1.99. The van der Waals surface area contributed by atoms with Crippen molar-refractivity contribution >= 4 is 17.7 Å². The van der Waals surface area contributed by atoms with Crippen LogP contribution in [0.3, 0.4) is 0 Å². The van der Waals surface area contributed by atoms with Gasteiger partial charge in [-0.05, 0) is 12.1 Å². The second-order valence-electron chi connectivity index (χ2n) is 8.09. The molecule has 1 saturated heterocycles. The highest BCUT2D eigenvalue weighted by Crippen LogP contribution is 2.29. The van der Waals surface area contributed by atoms with Crippen LogP contribution >= 0.6 is 0 Å². The summed E-state index contributed by atoms with van der Waals surface area (Å²) in [5.41, 5.74) is 7.81. The van der Waals surface area contributed by atoms with Crippen LogP contribution in [-0.2, 0) is 13.0 Å². The van der Waals surface area contributed by atoms with Gasteiger partial charge in [0, 0.05) is 59.1 Å². The summed E-state index contributed by atoms with van der Waals surface area (Å²) < 4.78 is 19.7.